The number of nitrogens with zero attached hydrogens (tertiary/aromatic N) is 1. The first-order valence-corrected chi connectivity index (χ1v) is 7.48. The van der Waals surface area contributed by atoms with E-state index in [4.69, 9.17) is 10.5 Å². The van der Waals surface area contributed by atoms with Crippen molar-refractivity contribution < 1.29 is 4.74 Å². The lowest BCUT2D eigenvalue weighted by Gasteiger charge is -2.32. The highest BCUT2D eigenvalue weighted by Crippen LogP contribution is 2.23. The van der Waals surface area contributed by atoms with Gasteiger partial charge in [0, 0.05) is 18.7 Å². The second kappa shape index (κ2) is 7.65. The molecule has 1 aromatic carbocycles. The van der Waals surface area contributed by atoms with Crippen molar-refractivity contribution in [2.24, 2.45) is 11.1 Å². The molecule has 0 radical (unpaired) electrons. The molecular weight excluding hydrogens is 248 g/mol. The second-order valence-corrected chi connectivity index (χ2v) is 6.39. The van der Waals surface area contributed by atoms with Crippen LogP contribution in [-0.2, 0) is 6.54 Å². The van der Waals surface area contributed by atoms with Gasteiger partial charge in [-0.15, -0.1) is 0 Å². The second-order valence-electron chi connectivity index (χ2n) is 6.39. The molecule has 0 spiro atoms. The van der Waals surface area contributed by atoms with E-state index < -0.39 is 0 Å². The van der Waals surface area contributed by atoms with E-state index >= 15 is 0 Å². The highest BCUT2D eigenvalue weighted by molar-refractivity contribution is 5.36. The van der Waals surface area contributed by atoms with E-state index in [2.05, 4.69) is 50.8 Å². The topological polar surface area (TPSA) is 38.5 Å². The van der Waals surface area contributed by atoms with Crippen LogP contribution in [-0.4, -0.2) is 31.6 Å². The number of hydrogen-bond donors (Lipinski definition) is 1. The zero-order chi connectivity index (χ0) is 15.2. The number of benzene rings is 1. The van der Waals surface area contributed by atoms with Crippen molar-refractivity contribution in [3.05, 3.63) is 29.3 Å². The van der Waals surface area contributed by atoms with Crippen LogP contribution >= 0.6 is 0 Å². The van der Waals surface area contributed by atoms with E-state index in [1.54, 1.807) is 7.11 Å². The summed E-state index contributed by atoms with van der Waals surface area (Å²) in [6, 6.07) is 6.37. The number of methoxy groups -OCH3 is 1. The Labute approximate surface area is 124 Å². The molecule has 0 aromatic heterocycles. The van der Waals surface area contributed by atoms with Gasteiger partial charge in [-0.05, 0) is 37.9 Å². The Balaban J connectivity index is 2.87. The minimum atomic E-state index is 0.145. The van der Waals surface area contributed by atoms with Gasteiger partial charge < -0.3 is 10.5 Å². The standard InChI is InChI=1S/C17H30N2O/c1-6-9-19(13-17(3,4)12-18)11-15-10-14(2)7-8-16(15)20-5/h7-8,10H,6,9,11-13,18H2,1-5H3. The fourth-order valence-corrected chi connectivity index (χ4v) is 2.47. The van der Waals surface area contributed by atoms with Gasteiger partial charge in [0.2, 0.25) is 0 Å². The molecule has 20 heavy (non-hydrogen) atoms. The van der Waals surface area contributed by atoms with Gasteiger partial charge in [-0.25, -0.2) is 0 Å². The van der Waals surface area contributed by atoms with E-state index in [1.807, 2.05) is 0 Å². The molecule has 0 fully saturated rings. The first-order valence-electron chi connectivity index (χ1n) is 7.48. The predicted octanol–water partition coefficient (Wildman–Crippen LogP) is 3.20. The van der Waals surface area contributed by atoms with Gasteiger partial charge >= 0.3 is 0 Å². The van der Waals surface area contributed by atoms with Crippen molar-refractivity contribution >= 4 is 0 Å². The molecule has 2 N–H and O–H groups in total. The fraction of sp³-hybridized carbons (Fsp3) is 0.647. The summed E-state index contributed by atoms with van der Waals surface area (Å²) >= 11 is 0. The van der Waals surface area contributed by atoms with Gasteiger partial charge in [-0.2, -0.15) is 0 Å². The maximum Gasteiger partial charge on any atom is 0.123 e. The van der Waals surface area contributed by atoms with E-state index in [0.717, 1.165) is 31.8 Å². The SMILES string of the molecule is CCCN(Cc1cc(C)ccc1OC)CC(C)(C)CN. The van der Waals surface area contributed by atoms with Crippen LogP contribution in [0.4, 0.5) is 0 Å². The van der Waals surface area contributed by atoms with Crippen molar-refractivity contribution in [3.63, 3.8) is 0 Å². The largest absolute Gasteiger partial charge is 0.496 e. The van der Waals surface area contributed by atoms with Crippen LogP contribution < -0.4 is 10.5 Å². The van der Waals surface area contributed by atoms with Gasteiger partial charge in [0.05, 0.1) is 7.11 Å². The molecule has 3 nitrogen and oxygen atoms in total. The third kappa shape index (κ3) is 5.14. The number of ether oxygens (including phenoxy) is 1. The van der Waals surface area contributed by atoms with Gasteiger partial charge in [-0.1, -0.05) is 38.5 Å². The minimum absolute atomic E-state index is 0.145. The number of nitrogens with two attached hydrogens (primary N) is 1. The summed E-state index contributed by atoms with van der Waals surface area (Å²) in [5.41, 5.74) is 8.55. The predicted molar refractivity (Wildman–Crippen MR) is 86.1 cm³/mol. The van der Waals surface area contributed by atoms with E-state index in [0.29, 0.717) is 6.54 Å². The van der Waals surface area contributed by atoms with Crippen LogP contribution in [0, 0.1) is 12.3 Å². The third-order valence-corrected chi connectivity index (χ3v) is 3.57. The molecule has 3 heteroatoms. The van der Waals surface area contributed by atoms with Crippen LogP contribution in [0.1, 0.15) is 38.3 Å². The Bertz CT molecular complexity index is 415. The molecule has 0 bridgehead atoms. The molecule has 0 aliphatic heterocycles. The average molecular weight is 278 g/mol. The summed E-state index contributed by atoms with van der Waals surface area (Å²) < 4.78 is 5.48. The van der Waals surface area contributed by atoms with Crippen LogP contribution in [0.3, 0.4) is 0 Å². The Morgan fingerprint density at radius 2 is 2.00 bits per heavy atom. The van der Waals surface area contributed by atoms with Crippen molar-refractivity contribution in [2.45, 2.75) is 40.7 Å². The lowest BCUT2D eigenvalue weighted by Crippen LogP contribution is -2.38. The molecule has 0 unspecified atom stereocenters. The zero-order valence-corrected chi connectivity index (χ0v) is 13.7. The summed E-state index contributed by atoms with van der Waals surface area (Å²) in [5.74, 6) is 0.974. The number of hydrogen-bond acceptors (Lipinski definition) is 3. The molecule has 0 aliphatic carbocycles. The van der Waals surface area contributed by atoms with Crippen molar-refractivity contribution in [2.75, 3.05) is 26.7 Å². The lowest BCUT2D eigenvalue weighted by molar-refractivity contribution is 0.174. The monoisotopic (exact) mass is 278 g/mol. The lowest BCUT2D eigenvalue weighted by atomic mass is 9.92. The van der Waals surface area contributed by atoms with Crippen molar-refractivity contribution in [1.29, 1.82) is 0 Å². The Kier molecular flexibility index (Phi) is 6.50. The normalized spacial score (nSPS) is 11.9. The molecular formula is C17H30N2O. The zero-order valence-electron chi connectivity index (χ0n) is 13.7. The summed E-state index contributed by atoms with van der Waals surface area (Å²) in [6.45, 7) is 12.5. The molecule has 0 saturated carbocycles. The van der Waals surface area contributed by atoms with Gasteiger partial charge in [0.1, 0.15) is 5.75 Å². The summed E-state index contributed by atoms with van der Waals surface area (Å²) in [5, 5.41) is 0. The summed E-state index contributed by atoms with van der Waals surface area (Å²) in [7, 11) is 1.74. The van der Waals surface area contributed by atoms with Crippen molar-refractivity contribution in [1.82, 2.24) is 4.90 Å². The molecule has 0 saturated heterocycles. The van der Waals surface area contributed by atoms with Crippen molar-refractivity contribution in [3.8, 4) is 5.75 Å². The van der Waals surface area contributed by atoms with E-state index in [1.165, 1.54) is 11.1 Å². The highest BCUT2D eigenvalue weighted by Gasteiger charge is 2.20. The number of aryl methyl sites for hydroxylation is 1. The van der Waals surface area contributed by atoms with Gasteiger partial charge in [-0.3, -0.25) is 4.90 Å². The van der Waals surface area contributed by atoms with Crippen LogP contribution in [0.5, 0.6) is 5.75 Å². The fourth-order valence-electron chi connectivity index (χ4n) is 2.47. The highest BCUT2D eigenvalue weighted by atomic mass is 16.5. The smallest absolute Gasteiger partial charge is 0.123 e. The van der Waals surface area contributed by atoms with E-state index in [9.17, 15) is 0 Å². The van der Waals surface area contributed by atoms with Gasteiger partial charge in [0.25, 0.3) is 0 Å². The maximum absolute atomic E-state index is 5.87. The first kappa shape index (κ1) is 17.0. The Hall–Kier alpha value is -1.06. The van der Waals surface area contributed by atoms with E-state index in [-0.39, 0.29) is 5.41 Å². The third-order valence-electron chi connectivity index (χ3n) is 3.57. The minimum Gasteiger partial charge on any atom is -0.496 e. The molecule has 0 heterocycles. The Morgan fingerprint density at radius 3 is 2.55 bits per heavy atom. The first-order chi connectivity index (χ1) is 9.41. The van der Waals surface area contributed by atoms with Crippen LogP contribution in [0.2, 0.25) is 0 Å². The molecule has 1 rings (SSSR count). The molecule has 0 amide bonds. The quantitative estimate of drug-likeness (QED) is 0.793. The molecule has 0 atom stereocenters. The summed E-state index contributed by atoms with van der Waals surface area (Å²) in [4.78, 5) is 2.48. The average Bonchev–Trinajstić information content (AvgIpc) is 2.39. The Morgan fingerprint density at radius 1 is 1.30 bits per heavy atom. The van der Waals surface area contributed by atoms with Gasteiger partial charge in [0.15, 0.2) is 0 Å². The number of rotatable bonds is 8. The molecule has 0 aliphatic rings. The molecule has 1 aromatic rings. The summed E-state index contributed by atoms with van der Waals surface area (Å²) in [6.07, 6.45) is 1.15. The van der Waals surface area contributed by atoms with Crippen LogP contribution in [0.25, 0.3) is 0 Å². The molecule has 114 valence electrons. The maximum atomic E-state index is 5.87. The van der Waals surface area contributed by atoms with Crippen LogP contribution in [0.15, 0.2) is 18.2 Å².